The maximum atomic E-state index is 13.9. The number of ether oxygens (including phenoxy) is 1. The van der Waals surface area contributed by atoms with E-state index in [9.17, 15) is 22.8 Å². The van der Waals surface area contributed by atoms with Gasteiger partial charge in [-0.3, -0.25) is 19.1 Å². The van der Waals surface area contributed by atoms with Crippen molar-refractivity contribution in [1.82, 2.24) is 20.1 Å². The van der Waals surface area contributed by atoms with Crippen molar-refractivity contribution < 1.29 is 22.7 Å². The number of hydrazone groups is 1. The Bertz CT molecular complexity index is 2060. The Labute approximate surface area is 277 Å². The molecule has 0 aliphatic rings. The smallest absolute Gasteiger partial charge is 0.296 e. The molecule has 1 aromatic heterocycles. The van der Waals surface area contributed by atoms with Crippen LogP contribution >= 0.6 is 0 Å². The average molecular weight is 667 g/mol. The van der Waals surface area contributed by atoms with E-state index in [2.05, 4.69) is 15.8 Å². The zero-order valence-electron chi connectivity index (χ0n) is 26.3. The first-order valence-corrected chi connectivity index (χ1v) is 16.4. The quantitative estimate of drug-likeness (QED) is 0.145. The van der Waals surface area contributed by atoms with Crippen LogP contribution in [0.3, 0.4) is 0 Å². The number of para-hydroxylation sites is 1. The topological polar surface area (TPSA) is 144 Å². The number of anilines is 1. The van der Waals surface area contributed by atoms with Gasteiger partial charge < -0.3 is 10.1 Å². The van der Waals surface area contributed by atoms with E-state index in [-0.39, 0.29) is 23.1 Å². The summed E-state index contributed by atoms with van der Waals surface area (Å²) in [5.41, 5.74) is 4.06. The zero-order valence-corrected chi connectivity index (χ0v) is 27.1. The average Bonchev–Trinajstić information content (AvgIpc) is 3.33. The van der Waals surface area contributed by atoms with Crippen molar-refractivity contribution in [2.24, 2.45) is 12.1 Å². The monoisotopic (exact) mass is 666 g/mol. The molecule has 12 nitrogen and oxygen atoms in total. The molecule has 0 aliphatic carbocycles. The predicted octanol–water partition coefficient (Wildman–Crippen LogP) is 3.53. The van der Waals surface area contributed by atoms with E-state index < -0.39 is 28.0 Å². The third-order valence-electron chi connectivity index (χ3n) is 7.38. The first-order valence-electron chi connectivity index (χ1n) is 14.9. The van der Waals surface area contributed by atoms with E-state index in [1.165, 1.54) is 23.0 Å². The molecule has 0 bridgehead atoms. The summed E-state index contributed by atoms with van der Waals surface area (Å²) in [4.78, 5) is 38.9. The lowest BCUT2D eigenvalue weighted by molar-refractivity contribution is -0.123. The molecule has 1 heterocycles. The van der Waals surface area contributed by atoms with Gasteiger partial charge in [0.25, 0.3) is 27.4 Å². The van der Waals surface area contributed by atoms with E-state index in [1.807, 2.05) is 30.3 Å². The Hall–Kier alpha value is -5.95. The molecule has 0 atom stereocenters. The summed E-state index contributed by atoms with van der Waals surface area (Å²) in [6, 6.07) is 32.6. The first kappa shape index (κ1) is 33.4. The van der Waals surface area contributed by atoms with E-state index in [0.29, 0.717) is 29.2 Å². The fraction of sp³-hybridized carbons (Fsp3) is 0.143. The molecule has 0 unspecified atom stereocenters. The highest BCUT2D eigenvalue weighted by atomic mass is 32.2. The lowest BCUT2D eigenvalue weighted by Gasteiger charge is -2.22. The molecule has 4 aromatic carbocycles. The first-order chi connectivity index (χ1) is 23.1. The van der Waals surface area contributed by atoms with Crippen LogP contribution in [0.2, 0.25) is 0 Å². The molecule has 2 amide bonds. The third kappa shape index (κ3) is 7.88. The van der Waals surface area contributed by atoms with Gasteiger partial charge in [-0.05, 0) is 66.6 Å². The van der Waals surface area contributed by atoms with Crippen LogP contribution < -0.4 is 25.3 Å². The number of carbonyl (C=O) groups is 2. The number of rotatable bonds is 13. The van der Waals surface area contributed by atoms with Crippen molar-refractivity contribution in [1.29, 1.82) is 0 Å². The second-order valence-corrected chi connectivity index (χ2v) is 12.5. The number of nitrogens with zero attached hydrogens (tertiary/aromatic N) is 4. The van der Waals surface area contributed by atoms with Crippen LogP contribution in [-0.2, 0) is 33.2 Å². The lowest BCUT2D eigenvalue weighted by atomic mass is 10.2. The number of nitrogens with one attached hydrogen (secondary N) is 2. The van der Waals surface area contributed by atoms with Crippen molar-refractivity contribution >= 4 is 33.7 Å². The van der Waals surface area contributed by atoms with E-state index >= 15 is 0 Å². The van der Waals surface area contributed by atoms with Gasteiger partial charge in [0.1, 0.15) is 18.0 Å². The van der Waals surface area contributed by atoms with E-state index in [4.69, 9.17) is 4.74 Å². The summed E-state index contributed by atoms with van der Waals surface area (Å²) in [5, 5.41) is 6.77. The van der Waals surface area contributed by atoms with Gasteiger partial charge in [0.05, 0.1) is 22.5 Å². The molecule has 13 heteroatoms. The molecule has 48 heavy (non-hydrogen) atoms. The molecular weight excluding hydrogens is 632 g/mol. The normalized spacial score (nSPS) is 11.3. The maximum Gasteiger partial charge on any atom is 0.296 e. The van der Waals surface area contributed by atoms with Crippen LogP contribution in [0, 0.1) is 6.92 Å². The molecule has 2 N–H and O–H groups in total. The van der Waals surface area contributed by atoms with Crippen LogP contribution in [-0.4, -0.2) is 49.0 Å². The predicted molar refractivity (Wildman–Crippen MR) is 183 cm³/mol. The van der Waals surface area contributed by atoms with Crippen molar-refractivity contribution in [3.63, 3.8) is 0 Å². The summed E-state index contributed by atoms with van der Waals surface area (Å²) >= 11 is 0. The van der Waals surface area contributed by atoms with Gasteiger partial charge in [-0.25, -0.2) is 22.8 Å². The van der Waals surface area contributed by atoms with E-state index in [0.717, 1.165) is 9.87 Å². The van der Waals surface area contributed by atoms with E-state index in [1.54, 1.807) is 91.4 Å². The molecule has 0 radical (unpaired) electrons. The van der Waals surface area contributed by atoms with Crippen LogP contribution in [0.4, 0.5) is 5.69 Å². The summed E-state index contributed by atoms with van der Waals surface area (Å²) in [6.45, 7) is 1.15. The Balaban J connectivity index is 1.26. The summed E-state index contributed by atoms with van der Waals surface area (Å²) in [7, 11) is -2.70. The highest BCUT2D eigenvalue weighted by Crippen LogP contribution is 2.25. The standard InChI is InChI=1S/C35H34N6O6S/c1-26-34(35(44)41(39(26)2)29-14-8-4-9-15-29)40(48(45,46)31-16-10-5-11-17-31)24-32(42)38-37-23-28-18-20-30(21-19-28)47-25-33(43)36-22-27-12-6-3-7-13-27/h3-21,23H,22,24-25H2,1-2H3,(H,36,43)(H,38,42)/b37-23-. The van der Waals surface area contributed by atoms with Gasteiger partial charge in [0.2, 0.25) is 0 Å². The minimum atomic E-state index is -4.34. The Morgan fingerprint density at radius 3 is 2.10 bits per heavy atom. The molecule has 0 aliphatic heterocycles. The van der Waals surface area contributed by atoms with Crippen LogP contribution in [0.25, 0.3) is 5.69 Å². The Morgan fingerprint density at radius 1 is 0.854 bits per heavy atom. The van der Waals surface area contributed by atoms with Gasteiger partial charge in [-0.2, -0.15) is 5.10 Å². The molecule has 5 rings (SSSR count). The molecular formula is C35H34N6O6S. The third-order valence-corrected chi connectivity index (χ3v) is 9.14. The molecule has 246 valence electrons. The number of carbonyl (C=O) groups excluding carboxylic acids is 2. The molecule has 0 fully saturated rings. The number of benzene rings is 4. The van der Waals surface area contributed by atoms with Crippen LogP contribution in [0.5, 0.6) is 5.75 Å². The molecule has 0 spiro atoms. The number of hydrogen-bond acceptors (Lipinski definition) is 7. The summed E-state index contributed by atoms with van der Waals surface area (Å²) < 4.78 is 37.0. The second-order valence-electron chi connectivity index (χ2n) is 10.6. The maximum absolute atomic E-state index is 13.9. The fourth-order valence-corrected chi connectivity index (χ4v) is 6.33. The number of hydrogen-bond donors (Lipinski definition) is 2. The Morgan fingerprint density at radius 2 is 1.46 bits per heavy atom. The fourth-order valence-electron chi connectivity index (χ4n) is 4.84. The van der Waals surface area contributed by atoms with Gasteiger partial charge >= 0.3 is 0 Å². The molecule has 0 saturated carbocycles. The minimum absolute atomic E-state index is 0.0776. The van der Waals surface area contributed by atoms with Crippen molar-refractivity contribution in [3.8, 4) is 11.4 Å². The van der Waals surface area contributed by atoms with Crippen molar-refractivity contribution in [2.75, 3.05) is 17.5 Å². The highest BCUT2D eigenvalue weighted by molar-refractivity contribution is 7.92. The van der Waals surface area contributed by atoms with Crippen LogP contribution in [0.15, 0.2) is 130 Å². The second kappa shape index (κ2) is 15.1. The number of sulfonamides is 1. The molecule has 5 aromatic rings. The Kier molecular flexibility index (Phi) is 10.5. The summed E-state index contributed by atoms with van der Waals surface area (Å²) in [6.07, 6.45) is 1.38. The summed E-state index contributed by atoms with van der Waals surface area (Å²) in [5.74, 6) is -0.562. The number of amides is 2. The van der Waals surface area contributed by atoms with Gasteiger partial charge in [-0.15, -0.1) is 0 Å². The largest absolute Gasteiger partial charge is 0.484 e. The minimum Gasteiger partial charge on any atom is -0.484 e. The highest BCUT2D eigenvalue weighted by Gasteiger charge is 2.33. The SMILES string of the molecule is Cc1c(N(CC(=O)N/N=C\c2ccc(OCC(=O)NCc3ccccc3)cc2)S(=O)(=O)c2ccccc2)c(=O)n(-c2ccccc2)n1C. The van der Waals surface area contributed by atoms with Gasteiger partial charge in [-0.1, -0.05) is 66.7 Å². The zero-order chi connectivity index (χ0) is 34.1. The van der Waals surface area contributed by atoms with Crippen molar-refractivity contribution in [2.45, 2.75) is 18.4 Å². The van der Waals surface area contributed by atoms with Crippen LogP contribution in [0.1, 0.15) is 16.8 Å². The number of aromatic nitrogens is 2. The van der Waals surface area contributed by atoms with Crippen molar-refractivity contribution in [3.05, 3.63) is 142 Å². The molecule has 0 saturated heterocycles. The van der Waals surface area contributed by atoms with Gasteiger partial charge in [0.15, 0.2) is 6.61 Å². The lowest BCUT2D eigenvalue weighted by Crippen LogP contribution is -2.42. The van der Waals surface area contributed by atoms with Gasteiger partial charge in [0, 0.05) is 13.6 Å².